The molecule has 0 unspecified atom stereocenters. The van der Waals surface area contributed by atoms with Gasteiger partial charge in [-0.25, -0.2) is 14.2 Å². The molecule has 0 aliphatic rings. The van der Waals surface area contributed by atoms with Crippen LogP contribution in [0, 0.1) is 5.82 Å². The van der Waals surface area contributed by atoms with Gasteiger partial charge in [-0.1, -0.05) is 23.9 Å². The van der Waals surface area contributed by atoms with Crippen LogP contribution >= 0.6 is 11.8 Å². The van der Waals surface area contributed by atoms with E-state index in [2.05, 4.69) is 9.72 Å². The lowest BCUT2D eigenvalue weighted by atomic mass is 10.2. The second-order valence-electron chi connectivity index (χ2n) is 5.45. The maximum atomic E-state index is 13.4. The quantitative estimate of drug-likeness (QED) is 0.504. The molecule has 0 bridgehead atoms. The summed E-state index contributed by atoms with van der Waals surface area (Å²) in [5.41, 5.74) is 1.40. The molecule has 0 fully saturated rings. The highest BCUT2D eigenvalue weighted by Gasteiger charge is 2.14. The normalized spacial score (nSPS) is 10.9. The number of esters is 1. The Kier molecular flexibility index (Phi) is 5.75. The number of thioether (sulfide) groups is 1. The van der Waals surface area contributed by atoms with Crippen molar-refractivity contribution in [3.8, 4) is 0 Å². The molecule has 0 spiro atoms. The van der Waals surface area contributed by atoms with Crippen LogP contribution in [0.15, 0.2) is 52.2 Å². The Morgan fingerprint density at radius 1 is 1.38 bits per heavy atom. The van der Waals surface area contributed by atoms with Gasteiger partial charge >= 0.3 is 5.97 Å². The average Bonchev–Trinajstić information content (AvgIpc) is 3.26. The van der Waals surface area contributed by atoms with Crippen LogP contribution in [0.5, 0.6) is 0 Å². The van der Waals surface area contributed by atoms with Crippen LogP contribution in [0.3, 0.4) is 0 Å². The molecule has 26 heavy (non-hydrogen) atoms. The first-order chi connectivity index (χ1) is 12.6. The van der Waals surface area contributed by atoms with E-state index in [0.29, 0.717) is 28.9 Å². The van der Waals surface area contributed by atoms with Gasteiger partial charge in [-0.05, 0) is 29.8 Å². The summed E-state index contributed by atoms with van der Waals surface area (Å²) < 4.78 is 25.3. The standard InChI is InChI=1S/C18H17FN2O4S/c1-24-17(23)16-6-5-15(25-16)11-26-18-20-8-14(10-22)21(18)9-12-3-2-4-13(19)7-12/h2-8,22H,9-11H2,1H3. The van der Waals surface area contributed by atoms with Crippen molar-refractivity contribution in [2.75, 3.05) is 7.11 Å². The van der Waals surface area contributed by atoms with Crippen molar-refractivity contribution >= 4 is 17.7 Å². The highest BCUT2D eigenvalue weighted by atomic mass is 32.2. The van der Waals surface area contributed by atoms with Gasteiger partial charge in [0.15, 0.2) is 5.16 Å². The number of hydrogen-bond donors (Lipinski definition) is 1. The molecule has 0 radical (unpaired) electrons. The van der Waals surface area contributed by atoms with Crippen molar-refractivity contribution in [2.24, 2.45) is 0 Å². The number of furan rings is 1. The Hall–Kier alpha value is -2.58. The van der Waals surface area contributed by atoms with Crippen LogP contribution in [0.1, 0.15) is 27.6 Å². The molecule has 0 atom stereocenters. The summed E-state index contributed by atoms with van der Waals surface area (Å²) in [5, 5.41) is 10.2. The van der Waals surface area contributed by atoms with Gasteiger partial charge in [-0.15, -0.1) is 0 Å². The van der Waals surface area contributed by atoms with E-state index >= 15 is 0 Å². The zero-order valence-electron chi connectivity index (χ0n) is 14.0. The van der Waals surface area contributed by atoms with Crippen LogP contribution in [0.4, 0.5) is 4.39 Å². The van der Waals surface area contributed by atoms with E-state index < -0.39 is 5.97 Å². The van der Waals surface area contributed by atoms with Gasteiger partial charge in [-0.3, -0.25) is 0 Å². The van der Waals surface area contributed by atoms with Crippen LogP contribution in [0.25, 0.3) is 0 Å². The molecular weight excluding hydrogens is 359 g/mol. The number of hydrogen-bond acceptors (Lipinski definition) is 6. The van der Waals surface area contributed by atoms with Gasteiger partial charge in [-0.2, -0.15) is 0 Å². The number of aliphatic hydroxyl groups is 1. The molecule has 3 aromatic rings. The third-order valence-corrected chi connectivity index (χ3v) is 4.70. The Morgan fingerprint density at radius 3 is 2.96 bits per heavy atom. The fourth-order valence-corrected chi connectivity index (χ4v) is 3.31. The minimum atomic E-state index is -0.531. The molecule has 8 heteroatoms. The summed E-state index contributed by atoms with van der Waals surface area (Å²) in [5.74, 6) is 0.343. The monoisotopic (exact) mass is 376 g/mol. The van der Waals surface area contributed by atoms with Crippen molar-refractivity contribution in [1.29, 1.82) is 0 Å². The largest absolute Gasteiger partial charge is 0.463 e. The van der Waals surface area contributed by atoms with Gasteiger partial charge in [0.05, 0.1) is 37.9 Å². The van der Waals surface area contributed by atoms with Crippen molar-refractivity contribution in [1.82, 2.24) is 9.55 Å². The maximum absolute atomic E-state index is 13.4. The average molecular weight is 376 g/mol. The van der Waals surface area contributed by atoms with Gasteiger partial charge in [0.2, 0.25) is 5.76 Å². The van der Waals surface area contributed by atoms with Crippen LogP contribution in [-0.4, -0.2) is 27.7 Å². The number of rotatable bonds is 7. The molecule has 3 rings (SSSR count). The lowest BCUT2D eigenvalue weighted by Gasteiger charge is -2.10. The Labute approximate surface area is 153 Å². The minimum Gasteiger partial charge on any atom is -0.463 e. The van der Waals surface area contributed by atoms with E-state index in [1.54, 1.807) is 24.4 Å². The van der Waals surface area contributed by atoms with E-state index in [4.69, 9.17) is 4.42 Å². The topological polar surface area (TPSA) is 77.5 Å². The molecule has 6 nitrogen and oxygen atoms in total. The molecule has 0 saturated carbocycles. The number of nitrogens with zero attached hydrogens (tertiary/aromatic N) is 2. The lowest BCUT2D eigenvalue weighted by Crippen LogP contribution is -2.06. The molecular formula is C18H17FN2O4S. The number of aliphatic hydroxyl groups excluding tert-OH is 1. The maximum Gasteiger partial charge on any atom is 0.373 e. The number of methoxy groups -OCH3 is 1. The molecule has 2 heterocycles. The highest BCUT2D eigenvalue weighted by Crippen LogP contribution is 2.25. The van der Waals surface area contributed by atoms with E-state index in [9.17, 15) is 14.3 Å². The van der Waals surface area contributed by atoms with Crippen LogP contribution in [0.2, 0.25) is 0 Å². The molecule has 2 aromatic heterocycles. The smallest absolute Gasteiger partial charge is 0.373 e. The van der Waals surface area contributed by atoms with E-state index in [1.807, 2.05) is 10.6 Å². The summed E-state index contributed by atoms with van der Waals surface area (Å²) >= 11 is 1.39. The third kappa shape index (κ3) is 4.14. The van der Waals surface area contributed by atoms with Crippen molar-refractivity contribution in [3.05, 3.63) is 71.2 Å². The molecule has 0 aliphatic heterocycles. The van der Waals surface area contributed by atoms with Gasteiger partial charge < -0.3 is 18.8 Å². The van der Waals surface area contributed by atoms with Crippen molar-refractivity contribution < 1.29 is 23.4 Å². The molecule has 0 saturated heterocycles. The summed E-state index contributed by atoms with van der Waals surface area (Å²) in [7, 11) is 1.29. The van der Waals surface area contributed by atoms with Crippen molar-refractivity contribution in [3.63, 3.8) is 0 Å². The predicted octanol–water partition coefficient (Wildman–Crippen LogP) is 3.23. The molecule has 0 amide bonds. The van der Waals surface area contributed by atoms with Gasteiger partial charge in [0, 0.05) is 0 Å². The van der Waals surface area contributed by atoms with Crippen LogP contribution < -0.4 is 0 Å². The number of ether oxygens (including phenoxy) is 1. The Bertz CT molecular complexity index is 906. The zero-order chi connectivity index (χ0) is 18.5. The Morgan fingerprint density at radius 2 is 2.23 bits per heavy atom. The first-order valence-corrected chi connectivity index (χ1v) is 8.78. The number of imidazole rings is 1. The molecule has 1 N–H and O–H groups in total. The van der Waals surface area contributed by atoms with E-state index in [0.717, 1.165) is 5.56 Å². The second-order valence-corrected chi connectivity index (χ2v) is 6.40. The first-order valence-electron chi connectivity index (χ1n) is 7.80. The number of carbonyl (C=O) groups is 1. The summed E-state index contributed by atoms with van der Waals surface area (Å²) in [6.45, 7) is 0.220. The van der Waals surface area contributed by atoms with E-state index in [1.165, 1.54) is 31.0 Å². The van der Waals surface area contributed by atoms with Gasteiger partial charge in [0.25, 0.3) is 0 Å². The molecule has 1 aromatic carbocycles. The first kappa shape index (κ1) is 18.2. The summed E-state index contributed by atoms with van der Waals surface area (Å²) in [4.78, 5) is 15.7. The Balaban J connectivity index is 1.75. The minimum absolute atomic E-state index is 0.141. The number of carbonyl (C=O) groups excluding carboxylic acids is 1. The molecule has 0 aliphatic carbocycles. The lowest BCUT2D eigenvalue weighted by molar-refractivity contribution is 0.0563. The second kappa shape index (κ2) is 8.20. The summed E-state index contributed by atoms with van der Waals surface area (Å²) in [6, 6.07) is 9.55. The third-order valence-electron chi connectivity index (χ3n) is 3.69. The fourth-order valence-electron chi connectivity index (χ4n) is 2.42. The molecule has 136 valence electrons. The van der Waals surface area contributed by atoms with E-state index in [-0.39, 0.29) is 18.2 Å². The SMILES string of the molecule is COC(=O)c1ccc(CSc2ncc(CO)n2Cc2cccc(F)c2)o1. The predicted molar refractivity (Wildman–Crippen MR) is 93.3 cm³/mol. The number of halogens is 1. The fraction of sp³-hybridized carbons (Fsp3) is 0.222. The zero-order valence-corrected chi connectivity index (χ0v) is 14.8. The number of benzene rings is 1. The summed E-state index contributed by atoms with van der Waals surface area (Å²) in [6.07, 6.45) is 1.59. The highest BCUT2D eigenvalue weighted by molar-refractivity contribution is 7.98. The van der Waals surface area contributed by atoms with Crippen molar-refractivity contribution in [2.45, 2.75) is 24.1 Å². The number of aromatic nitrogens is 2. The van der Waals surface area contributed by atoms with Gasteiger partial charge in [0.1, 0.15) is 11.6 Å². The van der Waals surface area contributed by atoms with Crippen LogP contribution in [-0.2, 0) is 23.6 Å².